The number of carbonyl (C=O) groups is 2. The Bertz CT molecular complexity index is 1170. The highest BCUT2D eigenvalue weighted by atomic mass is 16.3. The van der Waals surface area contributed by atoms with Gasteiger partial charge >= 0.3 is 0 Å². The molecule has 3 aromatic rings. The first-order valence-corrected chi connectivity index (χ1v) is 13.2. The van der Waals surface area contributed by atoms with E-state index in [1.807, 2.05) is 46.7 Å². The summed E-state index contributed by atoms with van der Waals surface area (Å²) in [6.45, 7) is 4.44. The minimum absolute atomic E-state index is 0.0426. The van der Waals surface area contributed by atoms with Crippen LogP contribution in [0, 0.1) is 0 Å². The van der Waals surface area contributed by atoms with Crippen molar-refractivity contribution >= 4 is 22.9 Å². The summed E-state index contributed by atoms with van der Waals surface area (Å²) in [7, 11) is 0. The summed E-state index contributed by atoms with van der Waals surface area (Å²) in [5.74, 6) is -0.141. The van der Waals surface area contributed by atoms with Crippen LogP contribution < -0.4 is 5.32 Å². The summed E-state index contributed by atoms with van der Waals surface area (Å²) in [5.41, 5.74) is 2.42. The third-order valence-corrected chi connectivity index (χ3v) is 8.02. The molecule has 1 N–H and O–H groups in total. The van der Waals surface area contributed by atoms with Crippen LogP contribution in [-0.2, 0) is 17.8 Å². The number of nitrogens with one attached hydrogen (secondary N) is 1. The zero-order valence-electron chi connectivity index (χ0n) is 21.0. The summed E-state index contributed by atoms with van der Waals surface area (Å²) < 4.78 is 7.58. The molecule has 6 heteroatoms. The van der Waals surface area contributed by atoms with Crippen molar-refractivity contribution in [1.82, 2.24) is 14.8 Å². The van der Waals surface area contributed by atoms with Crippen molar-refractivity contribution < 1.29 is 14.0 Å². The molecule has 5 rings (SSSR count). The van der Waals surface area contributed by atoms with E-state index in [-0.39, 0.29) is 23.9 Å². The SMILES string of the molecule is C[C@H](CCc1ccccc1)N1C(=O)c2cc3occc3n2C[C@]1(C)C(=O)NC1CCCCCCC1. The molecule has 0 saturated heterocycles. The van der Waals surface area contributed by atoms with E-state index in [0.29, 0.717) is 17.8 Å². The van der Waals surface area contributed by atoms with Crippen molar-refractivity contribution in [3.63, 3.8) is 0 Å². The zero-order valence-corrected chi connectivity index (χ0v) is 21.0. The van der Waals surface area contributed by atoms with Gasteiger partial charge in [0.1, 0.15) is 11.2 Å². The molecule has 1 fully saturated rings. The van der Waals surface area contributed by atoms with Crippen LogP contribution in [0.15, 0.2) is 53.1 Å². The fourth-order valence-electron chi connectivity index (χ4n) is 6.01. The fraction of sp³-hybridized carbons (Fsp3) is 0.517. The Kier molecular flexibility index (Phi) is 6.72. The third-order valence-electron chi connectivity index (χ3n) is 8.02. The molecule has 0 unspecified atom stereocenters. The highest BCUT2D eigenvalue weighted by Gasteiger charge is 2.50. The van der Waals surface area contributed by atoms with Crippen LogP contribution in [0.2, 0.25) is 0 Å². The lowest BCUT2D eigenvalue weighted by atomic mass is 9.90. The Morgan fingerprint density at radius 1 is 1.11 bits per heavy atom. The lowest BCUT2D eigenvalue weighted by molar-refractivity contribution is -0.135. The van der Waals surface area contributed by atoms with Gasteiger partial charge in [-0.05, 0) is 45.1 Å². The quantitative estimate of drug-likeness (QED) is 0.497. The number of furan rings is 1. The van der Waals surface area contributed by atoms with Gasteiger partial charge in [0.05, 0.1) is 18.3 Å². The van der Waals surface area contributed by atoms with E-state index >= 15 is 0 Å². The number of nitrogens with zero attached hydrogens (tertiary/aromatic N) is 2. The van der Waals surface area contributed by atoms with Crippen LogP contribution in [0.3, 0.4) is 0 Å². The highest BCUT2D eigenvalue weighted by molar-refractivity contribution is 6.03. The van der Waals surface area contributed by atoms with Crippen LogP contribution in [0.1, 0.15) is 81.3 Å². The fourth-order valence-corrected chi connectivity index (χ4v) is 6.01. The average Bonchev–Trinajstić information content (AvgIpc) is 3.42. The number of amides is 2. The lowest BCUT2D eigenvalue weighted by Crippen LogP contribution is -2.67. The van der Waals surface area contributed by atoms with Crippen LogP contribution in [0.4, 0.5) is 0 Å². The minimum Gasteiger partial charge on any atom is -0.463 e. The van der Waals surface area contributed by atoms with E-state index in [9.17, 15) is 9.59 Å². The second-order valence-corrected chi connectivity index (χ2v) is 10.6. The number of benzene rings is 1. The van der Waals surface area contributed by atoms with Crippen LogP contribution in [0.25, 0.3) is 11.1 Å². The molecule has 2 aliphatic rings. The third kappa shape index (κ3) is 4.63. The van der Waals surface area contributed by atoms with E-state index in [0.717, 1.165) is 44.0 Å². The summed E-state index contributed by atoms with van der Waals surface area (Å²) in [6, 6.07) is 14.1. The first-order valence-electron chi connectivity index (χ1n) is 13.2. The molecule has 2 aromatic heterocycles. The number of hydrogen-bond acceptors (Lipinski definition) is 3. The second kappa shape index (κ2) is 9.92. The van der Waals surface area contributed by atoms with Gasteiger partial charge in [-0.25, -0.2) is 0 Å². The van der Waals surface area contributed by atoms with Crippen LogP contribution in [-0.4, -0.2) is 38.9 Å². The Balaban J connectivity index is 1.44. The molecule has 35 heavy (non-hydrogen) atoms. The maximum atomic E-state index is 14.0. The standard InChI is InChI=1S/C29H37N3O3/c1-21(15-16-22-11-7-6-8-12-22)32-27(33)25-19-26-24(17-18-35-26)31(25)20-29(32,2)28(34)30-23-13-9-4-3-5-10-14-23/h6-8,11-12,17-19,21,23H,3-5,9-10,13-16,20H2,1-2H3,(H,30,34)/t21-,29-/m1/s1. The van der Waals surface area contributed by atoms with Crippen molar-refractivity contribution in [2.45, 2.75) is 95.8 Å². The van der Waals surface area contributed by atoms with Crippen molar-refractivity contribution in [3.05, 3.63) is 60.0 Å². The molecule has 0 bridgehead atoms. The zero-order chi connectivity index (χ0) is 24.4. The van der Waals surface area contributed by atoms with Gasteiger partial charge < -0.3 is 19.2 Å². The van der Waals surface area contributed by atoms with Crippen LogP contribution >= 0.6 is 0 Å². The van der Waals surface area contributed by atoms with Crippen molar-refractivity contribution in [2.24, 2.45) is 0 Å². The molecule has 3 heterocycles. The smallest absolute Gasteiger partial charge is 0.271 e. The van der Waals surface area contributed by atoms with E-state index < -0.39 is 5.54 Å². The first kappa shape index (κ1) is 23.7. The molecule has 186 valence electrons. The maximum Gasteiger partial charge on any atom is 0.271 e. The van der Waals surface area contributed by atoms with Crippen molar-refractivity contribution in [3.8, 4) is 0 Å². The molecule has 2 atom stereocenters. The maximum absolute atomic E-state index is 14.0. The topological polar surface area (TPSA) is 67.5 Å². The van der Waals surface area contributed by atoms with Gasteiger partial charge in [-0.3, -0.25) is 9.59 Å². The highest BCUT2D eigenvalue weighted by Crippen LogP contribution is 2.35. The largest absolute Gasteiger partial charge is 0.463 e. The van der Waals surface area contributed by atoms with Gasteiger partial charge in [-0.15, -0.1) is 0 Å². The number of aromatic nitrogens is 1. The molecule has 2 amide bonds. The van der Waals surface area contributed by atoms with Gasteiger partial charge in [-0.2, -0.15) is 0 Å². The molecule has 1 saturated carbocycles. The summed E-state index contributed by atoms with van der Waals surface area (Å²) in [5, 5.41) is 3.37. The van der Waals surface area contributed by atoms with Crippen LogP contribution in [0.5, 0.6) is 0 Å². The van der Waals surface area contributed by atoms with Crippen molar-refractivity contribution in [1.29, 1.82) is 0 Å². The number of aryl methyl sites for hydroxylation is 1. The molecule has 1 aromatic carbocycles. The lowest BCUT2D eigenvalue weighted by Gasteiger charge is -2.47. The molecule has 6 nitrogen and oxygen atoms in total. The minimum atomic E-state index is -0.980. The van der Waals surface area contributed by atoms with E-state index in [2.05, 4.69) is 24.4 Å². The normalized spacial score (nSPS) is 22.5. The Hall–Kier alpha value is -3.02. The van der Waals surface area contributed by atoms with E-state index in [4.69, 9.17) is 4.42 Å². The van der Waals surface area contributed by atoms with Gasteiger partial charge in [0.2, 0.25) is 5.91 Å². The number of fused-ring (bicyclic) bond motifs is 3. The number of carbonyl (C=O) groups excluding carboxylic acids is 2. The van der Waals surface area contributed by atoms with Gasteiger partial charge in [-0.1, -0.05) is 62.4 Å². The van der Waals surface area contributed by atoms with Gasteiger partial charge in [0.25, 0.3) is 5.91 Å². The Morgan fingerprint density at radius 2 is 1.83 bits per heavy atom. The molecule has 1 aliphatic carbocycles. The molecular weight excluding hydrogens is 438 g/mol. The molecule has 1 aliphatic heterocycles. The number of hydrogen-bond donors (Lipinski definition) is 1. The Labute approximate surface area is 207 Å². The molecule has 0 spiro atoms. The van der Waals surface area contributed by atoms with Gasteiger partial charge in [0.15, 0.2) is 5.58 Å². The summed E-state index contributed by atoms with van der Waals surface area (Å²) in [4.78, 5) is 29.8. The second-order valence-electron chi connectivity index (χ2n) is 10.6. The predicted molar refractivity (Wildman–Crippen MR) is 137 cm³/mol. The van der Waals surface area contributed by atoms with E-state index in [1.54, 1.807) is 6.26 Å². The molecular formula is C29H37N3O3. The molecule has 0 radical (unpaired) electrons. The first-order chi connectivity index (χ1) is 17.0. The van der Waals surface area contributed by atoms with Gasteiger partial charge in [0, 0.05) is 24.2 Å². The predicted octanol–water partition coefficient (Wildman–Crippen LogP) is 5.70. The summed E-state index contributed by atoms with van der Waals surface area (Å²) >= 11 is 0. The Morgan fingerprint density at radius 3 is 2.57 bits per heavy atom. The average molecular weight is 476 g/mol. The van der Waals surface area contributed by atoms with E-state index in [1.165, 1.54) is 24.8 Å². The number of rotatable bonds is 6. The van der Waals surface area contributed by atoms with Crippen molar-refractivity contribution in [2.75, 3.05) is 0 Å². The summed E-state index contributed by atoms with van der Waals surface area (Å²) in [6.07, 6.45) is 11.4. The monoisotopic (exact) mass is 475 g/mol.